The molecule has 0 saturated carbocycles. The molecule has 8 aromatic carbocycles. The number of hydrogen-bond acceptors (Lipinski definition) is 4. The second-order valence-electron chi connectivity index (χ2n) is 26.6. The van der Waals surface area contributed by atoms with E-state index in [2.05, 4.69) is 215 Å². The fourth-order valence-electron chi connectivity index (χ4n) is 12.0. The Morgan fingerprint density at radius 2 is 1.08 bits per heavy atom. The van der Waals surface area contributed by atoms with Gasteiger partial charge in [0, 0.05) is 45.9 Å². The molecule has 0 fully saturated rings. The van der Waals surface area contributed by atoms with Crippen LogP contribution in [-0.4, -0.2) is 16.2 Å². The summed E-state index contributed by atoms with van der Waals surface area (Å²) < 4.78 is 44.3. The number of anilines is 4. The molecule has 0 unspecified atom stereocenters. The molecule has 0 N–H and O–H groups in total. The maximum atomic E-state index is 9.17. The van der Waals surface area contributed by atoms with Crippen molar-refractivity contribution in [1.29, 1.82) is 0 Å². The zero-order chi connectivity index (χ0) is 58.9. The zero-order valence-electron chi connectivity index (χ0n) is 52.4. The molecule has 1 aliphatic heterocycles. The van der Waals surface area contributed by atoms with Crippen molar-refractivity contribution < 1.29 is 10.2 Å². The van der Waals surface area contributed by atoms with Crippen molar-refractivity contribution in [3.63, 3.8) is 0 Å². The summed E-state index contributed by atoms with van der Waals surface area (Å²) in [5.74, 6) is 1.76. The van der Waals surface area contributed by atoms with Gasteiger partial charge in [-0.3, -0.25) is 4.57 Å². The third-order valence-electron chi connectivity index (χ3n) is 17.0. The number of nitrogens with zero attached hydrogens (tertiary/aromatic N) is 4. The van der Waals surface area contributed by atoms with Crippen LogP contribution in [0.5, 0.6) is 11.5 Å². The highest BCUT2D eigenvalue weighted by Gasteiger charge is 2.38. The van der Waals surface area contributed by atoms with Crippen LogP contribution >= 0.6 is 0 Å². The normalized spacial score (nSPS) is 15.9. The van der Waals surface area contributed by atoms with Crippen molar-refractivity contribution in [2.45, 2.75) is 130 Å². The van der Waals surface area contributed by atoms with Crippen LogP contribution in [-0.2, 0) is 27.1 Å². The van der Waals surface area contributed by atoms with Gasteiger partial charge in [-0.25, -0.2) is 4.98 Å². The quantitative estimate of drug-likeness (QED) is 0.152. The average Bonchev–Trinajstić information content (AvgIpc) is 3.53. The fraction of sp³-hybridized carbons (Fsp3) is 0.284. The summed E-state index contributed by atoms with van der Waals surface area (Å²) in [7, 11) is 0. The minimum Gasteiger partial charge on any atom is -0.457 e. The molecule has 1 aliphatic carbocycles. The Balaban J connectivity index is 0.983. The topological polar surface area (TPSA) is 33.5 Å². The largest absolute Gasteiger partial charge is 0.457 e. The van der Waals surface area contributed by atoms with Crippen LogP contribution < -0.4 is 14.5 Å². The van der Waals surface area contributed by atoms with Gasteiger partial charge >= 0.3 is 0 Å². The monoisotopic (exact) mass is 1040 g/mol. The standard InChI is InChI=1S/C74H76N4O/c1-70(2,3)52-32-29-49(30-33-52)48-25-27-50(28-26-48)60-42-54(72(7,8)9)43-61(51-31-36-62-63(41-51)74(12,13)39-38-73(62,10)11)69(60)77-47-76(65-23-16-17-24-66(65)77)55-19-18-20-56(45-55)79-57-34-35-59-58-21-14-15-22-64(58)78(67(59)46-57)68-44-53(37-40-75-68)71(4,5)6/h14-37,40-46H,38-39,47H2,1-13H3/i14D,15D,21D,22D. The van der Waals surface area contributed by atoms with Crippen LogP contribution in [0.3, 0.4) is 0 Å². The summed E-state index contributed by atoms with van der Waals surface area (Å²) in [5.41, 5.74) is 18.8. The molecule has 10 aromatic rings. The number of pyridine rings is 1. The first-order valence-corrected chi connectivity index (χ1v) is 28.2. The van der Waals surface area contributed by atoms with E-state index in [4.69, 9.17) is 15.2 Å². The van der Waals surface area contributed by atoms with Gasteiger partial charge in [0.1, 0.15) is 24.0 Å². The smallest absolute Gasteiger partial charge is 0.137 e. The fourth-order valence-corrected chi connectivity index (χ4v) is 12.0. The molecule has 0 saturated heterocycles. The molecule has 0 spiro atoms. The van der Waals surface area contributed by atoms with Crippen LogP contribution in [0.1, 0.15) is 136 Å². The van der Waals surface area contributed by atoms with Crippen molar-refractivity contribution in [1.82, 2.24) is 9.55 Å². The third kappa shape index (κ3) is 9.49. The van der Waals surface area contributed by atoms with E-state index in [-0.39, 0.29) is 51.2 Å². The van der Waals surface area contributed by atoms with E-state index in [1.807, 2.05) is 47.0 Å². The van der Waals surface area contributed by atoms with Crippen molar-refractivity contribution in [3.8, 4) is 50.7 Å². The minimum atomic E-state index is -0.290. The van der Waals surface area contributed by atoms with E-state index in [9.17, 15) is 0 Å². The summed E-state index contributed by atoms with van der Waals surface area (Å²) in [6.07, 6.45) is 4.05. The highest BCUT2D eigenvalue weighted by Crippen LogP contribution is 2.54. The highest BCUT2D eigenvalue weighted by molar-refractivity contribution is 6.09. The lowest BCUT2D eigenvalue weighted by atomic mass is 9.63. The summed E-state index contributed by atoms with van der Waals surface area (Å²) in [4.78, 5) is 9.71. The second-order valence-corrected chi connectivity index (χ2v) is 26.6. The van der Waals surface area contributed by atoms with Crippen molar-refractivity contribution in [2.75, 3.05) is 16.5 Å². The number of rotatable bonds is 8. The molecule has 2 aliphatic rings. The molecule has 3 heterocycles. The van der Waals surface area contributed by atoms with Gasteiger partial charge in [-0.05, 0) is 157 Å². The van der Waals surface area contributed by atoms with E-state index in [1.54, 1.807) is 6.20 Å². The molecule has 0 amide bonds. The van der Waals surface area contributed by atoms with E-state index in [1.165, 1.54) is 50.1 Å². The Bertz CT molecular complexity index is 4210. The van der Waals surface area contributed by atoms with Crippen LogP contribution in [0, 0.1) is 0 Å². The van der Waals surface area contributed by atoms with Gasteiger partial charge in [0.25, 0.3) is 0 Å². The molecular formula is C74H76N4O. The lowest BCUT2D eigenvalue weighted by Gasteiger charge is -2.42. The maximum absolute atomic E-state index is 9.17. The lowest BCUT2D eigenvalue weighted by molar-refractivity contribution is 0.332. The number of ether oxygens (including phenoxy) is 1. The van der Waals surface area contributed by atoms with Crippen LogP contribution in [0.2, 0.25) is 0 Å². The number of para-hydroxylation sites is 3. The molecular weight excluding hydrogens is 961 g/mol. The van der Waals surface area contributed by atoms with Crippen molar-refractivity contribution in [3.05, 3.63) is 216 Å². The molecule has 12 rings (SSSR count). The summed E-state index contributed by atoms with van der Waals surface area (Å²) in [6, 6.07) is 56.4. The van der Waals surface area contributed by atoms with Gasteiger partial charge in [0.2, 0.25) is 0 Å². The summed E-state index contributed by atoms with van der Waals surface area (Å²) in [6.45, 7) is 30.4. The zero-order valence-corrected chi connectivity index (χ0v) is 48.4. The van der Waals surface area contributed by atoms with Crippen LogP contribution in [0.15, 0.2) is 188 Å². The van der Waals surface area contributed by atoms with Crippen LogP contribution in [0.25, 0.3) is 61.0 Å². The van der Waals surface area contributed by atoms with E-state index < -0.39 is 0 Å². The summed E-state index contributed by atoms with van der Waals surface area (Å²) >= 11 is 0. The van der Waals surface area contributed by atoms with Gasteiger partial charge in [-0.1, -0.05) is 193 Å². The van der Waals surface area contributed by atoms with Crippen molar-refractivity contribution >= 4 is 44.6 Å². The maximum Gasteiger partial charge on any atom is 0.137 e. The van der Waals surface area contributed by atoms with E-state index in [0.717, 1.165) is 46.7 Å². The number of benzene rings is 8. The van der Waals surface area contributed by atoms with Crippen LogP contribution in [0.4, 0.5) is 22.7 Å². The number of aromatic nitrogens is 2. The molecule has 0 radical (unpaired) electrons. The Morgan fingerprint density at radius 3 is 1.76 bits per heavy atom. The Morgan fingerprint density at radius 1 is 0.481 bits per heavy atom. The highest BCUT2D eigenvalue weighted by atomic mass is 16.5. The predicted molar refractivity (Wildman–Crippen MR) is 335 cm³/mol. The Labute approximate surface area is 475 Å². The Hall–Kier alpha value is -7.89. The molecule has 5 heteroatoms. The molecule has 5 nitrogen and oxygen atoms in total. The third-order valence-corrected chi connectivity index (χ3v) is 17.0. The van der Waals surface area contributed by atoms with E-state index in [0.29, 0.717) is 45.8 Å². The minimum absolute atomic E-state index is 0.0193. The van der Waals surface area contributed by atoms with Gasteiger partial charge < -0.3 is 14.5 Å². The first kappa shape index (κ1) is 47.1. The average molecular weight is 1040 g/mol. The van der Waals surface area contributed by atoms with Gasteiger partial charge in [0.15, 0.2) is 0 Å². The molecule has 0 bridgehead atoms. The van der Waals surface area contributed by atoms with Gasteiger partial charge in [-0.2, -0.15) is 0 Å². The van der Waals surface area contributed by atoms with Crippen molar-refractivity contribution in [2.24, 2.45) is 0 Å². The van der Waals surface area contributed by atoms with Gasteiger partial charge in [0.05, 0.1) is 33.6 Å². The van der Waals surface area contributed by atoms with E-state index >= 15 is 0 Å². The molecule has 0 atom stereocenters. The number of hydrogen-bond donors (Lipinski definition) is 0. The second kappa shape index (κ2) is 18.9. The first-order chi connectivity index (χ1) is 39.2. The molecule has 398 valence electrons. The number of fused-ring (bicyclic) bond motifs is 5. The van der Waals surface area contributed by atoms with Gasteiger partial charge in [-0.15, -0.1) is 0 Å². The molecule has 2 aromatic heterocycles. The molecule has 79 heavy (non-hydrogen) atoms. The lowest BCUT2D eigenvalue weighted by Crippen LogP contribution is -2.33. The summed E-state index contributed by atoms with van der Waals surface area (Å²) in [5, 5.41) is 1.13. The first-order valence-electron chi connectivity index (χ1n) is 30.2. The predicted octanol–water partition coefficient (Wildman–Crippen LogP) is 20.5. The Kier molecular flexibility index (Phi) is 11.3. The SMILES string of the molecule is [2H]c1c([2H])c([2H])c2c(c1[2H])c1ccc(Oc3cccc(N4CN(c5c(-c6ccc(-c7ccc(C(C)(C)C)cc7)cc6)cc(C(C)(C)C)cc5-c5ccc6c(c5)C(C)(C)CCC6(C)C)c5ccccc54)c3)cc1n2-c1cc(C(C)(C)C)ccn1.